The average Bonchev–Trinajstić information content (AvgIpc) is 3.28. The molecule has 4 aromatic carbocycles. The summed E-state index contributed by atoms with van der Waals surface area (Å²) in [7, 11) is 0. The zero-order chi connectivity index (χ0) is 25.8. The van der Waals surface area contributed by atoms with Crippen molar-refractivity contribution in [3.8, 4) is 16.9 Å². The highest BCUT2D eigenvalue weighted by molar-refractivity contribution is 6.30. The first-order chi connectivity index (χ1) is 17.9. The summed E-state index contributed by atoms with van der Waals surface area (Å²) in [6, 6.07) is 30.6. The number of amides is 1. The summed E-state index contributed by atoms with van der Waals surface area (Å²) in [5, 5.41) is 13.7. The summed E-state index contributed by atoms with van der Waals surface area (Å²) in [4.78, 5) is 25.6. The number of hydrogen-bond acceptors (Lipinski definition) is 3. The van der Waals surface area contributed by atoms with Crippen LogP contribution in [0, 0.1) is 0 Å². The minimum atomic E-state index is -1.39. The van der Waals surface area contributed by atoms with Crippen LogP contribution < -0.4 is 10.1 Å². The minimum Gasteiger partial charge on any atom is -0.489 e. The molecule has 0 heterocycles. The van der Waals surface area contributed by atoms with Crippen LogP contribution in [0.2, 0.25) is 5.02 Å². The summed E-state index contributed by atoms with van der Waals surface area (Å²) in [6.07, 6.45) is 0.472. The van der Waals surface area contributed by atoms with Gasteiger partial charge >= 0.3 is 5.97 Å². The molecule has 5 nitrogen and oxygen atoms in total. The van der Waals surface area contributed by atoms with Gasteiger partial charge in [-0.15, -0.1) is 0 Å². The predicted molar refractivity (Wildman–Crippen MR) is 144 cm³/mol. The number of carboxylic acid groups (broad SMARTS) is 1. The Morgan fingerprint density at radius 3 is 2.27 bits per heavy atom. The molecule has 0 fully saturated rings. The summed E-state index contributed by atoms with van der Waals surface area (Å²) in [6.45, 7) is 0.379. The van der Waals surface area contributed by atoms with Crippen LogP contribution in [-0.4, -0.2) is 22.5 Å². The van der Waals surface area contributed by atoms with Crippen LogP contribution in [0.4, 0.5) is 0 Å². The normalized spacial score (nSPS) is 16.1. The molecule has 0 radical (unpaired) electrons. The summed E-state index contributed by atoms with van der Waals surface area (Å²) in [5.74, 6) is -0.796. The van der Waals surface area contributed by atoms with E-state index in [0.29, 0.717) is 22.9 Å². The standard InChI is InChI=1S/C31H26ClNO4/c32-27-14-12-22(13-15-27)23-10-11-25-18-31(30(35)36,19-26(25)16-23)33-29(34)17-24-8-4-5-9-28(24)37-20-21-6-2-1-3-7-21/h1-16H,17-20H2,(H,33,34)(H,35,36). The SMILES string of the molecule is O=C(Cc1ccccc1OCc1ccccc1)NC1(C(=O)O)Cc2ccc(-c3ccc(Cl)cc3)cc2C1. The number of nitrogens with one attached hydrogen (secondary N) is 1. The van der Waals surface area contributed by atoms with Crippen LogP contribution in [0.1, 0.15) is 22.3 Å². The van der Waals surface area contributed by atoms with E-state index in [0.717, 1.165) is 27.8 Å². The Labute approximate surface area is 220 Å². The molecule has 37 heavy (non-hydrogen) atoms. The van der Waals surface area contributed by atoms with Crippen molar-refractivity contribution in [3.05, 3.63) is 124 Å². The summed E-state index contributed by atoms with van der Waals surface area (Å²) >= 11 is 6.01. The molecule has 1 aliphatic carbocycles. The highest BCUT2D eigenvalue weighted by Gasteiger charge is 2.45. The van der Waals surface area contributed by atoms with Crippen molar-refractivity contribution in [3.63, 3.8) is 0 Å². The minimum absolute atomic E-state index is 0.0202. The van der Waals surface area contributed by atoms with Gasteiger partial charge in [0.2, 0.25) is 5.91 Å². The van der Waals surface area contributed by atoms with Gasteiger partial charge in [0.25, 0.3) is 0 Å². The van der Waals surface area contributed by atoms with Gasteiger partial charge in [0, 0.05) is 23.4 Å². The summed E-state index contributed by atoms with van der Waals surface area (Å²) < 4.78 is 5.98. The smallest absolute Gasteiger partial charge is 0.330 e. The number of rotatable bonds is 8. The van der Waals surface area contributed by atoms with Gasteiger partial charge in [0.15, 0.2) is 0 Å². The zero-order valence-corrected chi connectivity index (χ0v) is 20.9. The van der Waals surface area contributed by atoms with E-state index in [1.54, 1.807) is 0 Å². The lowest BCUT2D eigenvalue weighted by Gasteiger charge is -2.25. The Balaban J connectivity index is 1.30. The van der Waals surface area contributed by atoms with Crippen molar-refractivity contribution in [1.82, 2.24) is 5.32 Å². The zero-order valence-electron chi connectivity index (χ0n) is 20.1. The Morgan fingerprint density at radius 1 is 0.838 bits per heavy atom. The quantitative estimate of drug-likeness (QED) is 0.310. The molecule has 1 atom stereocenters. The number of carbonyl (C=O) groups is 2. The number of para-hydroxylation sites is 1. The lowest BCUT2D eigenvalue weighted by atomic mass is 9.95. The molecule has 1 aliphatic rings. The van der Waals surface area contributed by atoms with E-state index in [4.69, 9.17) is 16.3 Å². The second-order valence-corrected chi connectivity index (χ2v) is 9.77. The molecule has 0 bridgehead atoms. The first-order valence-corrected chi connectivity index (χ1v) is 12.5. The third kappa shape index (κ3) is 5.52. The van der Waals surface area contributed by atoms with E-state index in [9.17, 15) is 14.7 Å². The Hall–Kier alpha value is -4.09. The largest absolute Gasteiger partial charge is 0.489 e. The number of carboxylic acids is 1. The number of carbonyl (C=O) groups excluding carboxylic acids is 1. The second-order valence-electron chi connectivity index (χ2n) is 9.34. The van der Waals surface area contributed by atoms with Crippen molar-refractivity contribution in [2.75, 3.05) is 0 Å². The van der Waals surface area contributed by atoms with E-state index in [2.05, 4.69) is 5.32 Å². The molecule has 0 spiro atoms. The number of halogens is 1. The van der Waals surface area contributed by atoms with Gasteiger partial charge in [0.05, 0.1) is 6.42 Å². The molecule has 1 unspecified atom stereocenters. The van der Waals surface area contributed by atoms with Gasteiger partial charge in [0.1, 0.15) is 17.9 Å². The van der Waals surface area contributed by atoms with E-state index in [-0.39, 0.29) is 25.2 Å². The fraction of sp³-hybridized carbons (Fsp3) is 0.161. The molecule has 0 saturated heterocycles. The number of aliphatic carboxylic acids is 1. The number of hydrogen-bond donors (Lipinski definition) is 2. The van der Waals surface area contributed by atoms with E-state index in [1.165, 1.54) is 0 Å². The van der Waals surface area contributed by atoms with E-state index < -0.39 is 11.5 Å². The molecule has 4 aromatic rings. The molecule has 0 aromatic heterocycles. The van der Waals surface area contributed by atoms with Crippen LogP contribution in [-0.2, 0) is 35.5 Å². The highest BCUT2D eigenvalue weighted by atomic mass is 35.5. The van der Waals surface area contributed by atoms with Crippen LogP contribution in [0.5, 0.6) is 5.75 Å². The van der Waals surface area contributed by atoms with Crippen LogP contribution >= 0.6 is 11.6 Å². The van der Waals surface area contributed by atoms with Gasteiger partial charge in [-0.1, -0.05) is 90.5 Å². The maximum Gasteiger partial charge on any atom is 0.330 e. The van der Waals surface area contributed by atoms with E-state index in [1.807, 2.05) is 97.1 Å². The molecule has 6 heteroatoms. The maximum absolute atomic E-state index is 13.1. The first-order valence-electron chi connectivity index (χ1n) is 12.1. The lowest BCUT2D eigenvalue weighted by molar-refractivity contribution is -0.147. The Morgan fingerprint density at radius 2 is 1.51 bits per heavy atom. The lowest BCUT2D eigenvalue weighted by Crippen LogP contribution is -2.55. The second kappa shape index (κ2) is 10.5. The van der Waals surface area contributed by atoms with Gasteiger partial charge in [-0.05, 0) is 46.0 Å². The molecule has 5 rings (SSSR count). The molecule has 0 aliphatic heterocycles. The Kier molecular flexibility index (Phi) is 6.97. The molecule has 1 amide bonds. The highest BCUT2D eigenvalue weighted by Crippen LogP contribution is 2.34. The topological polar surface area (TPSA) is 75.6 Å². The van der Waals surface area contributed by atoms with Gasteiger partial charge in [-0.3, -0.25) is 4.79 Å². The van der Waals surface area contributed by atoms with Gasteiger partial charge in [-0.2, -0.15) is 0 Å². The summed E-state index contributed by atoms with van der Waals surface area (Å²) in [5.41, 5.74) is 4.15. The van der Waals surface area contributed by atoms with E-state index >= 15 is 0 Å². The number of ether oxygens (including phenoxy) is 1. The van der Waals surface area contributed by atoms with Crippen LogP contribution in [0.15, 0.2) is 97.1 Å². The fourth-order valence-corrected chi connectivity index (χ4v) is 4.93. The van der Waals surface area contributed by atoms with Gasteiger partial charge < -0.3 is 15.2 Å². The van der Waals surface area contributed by atoms with Crippen LogP contribution in [0.25, 0.3) is 11.1 Å². The van der Waals surface area contributed by atoms with Crippen molar-refractivity contribution in [2.45, 2.75) is 31.4 Å². The Bertz CT molecular complexity index is 1440. The molecule has 186 valence electrons. The van der Waals surface area contributed by atoms with Crippen molar-refractivity contribution >= 4 is 23.5 Å². The first kappa shape index (κ1) is 24.6. The molecule has 2 N–H and O–H groups in total. The van der Waals surface area contributed by atoms with Crippen LogP contribution in [0.3, 0.4) is 0 Å². The maximum atomic E-state index is 13.1. The number of benzene rings is 4. The third-order valence-electron chi connectivity index (χ3n) is 6.72. The average molecular weight is 512 g/mol. The van der Waals surface area contributed by atoms with Crippen molar-refractivity contribution < 1.29 is 19.4 Å². The monoisotopic (exact) mass is 511 g/mol. The number of fused-ring (bicyclic) bond motifs is 1. The van der Waals surface area contributed by atoms with Gasteiger partial charge in [-0.25, -0.2) is 4.79 Å². The fourth-order valence-electron chi connectivity index (χ4n) is 4.80. The van der Waals surface area contributed by atoms with Crippen molar-refractivity contribution in [1.29, 1.82) is 0 Å². The van der Waals surface area contributed by atoms with Crippen molar-refractivity contribution in [2.24, 2.45) is 0 Å². The molecular weight excluding hydrogens is 486 g/mol. The third-order valence-corrected chi connectivity index (χ3v) is 6.97. The molecule has 0 saturated carbocycles. The molecular formula is C31H26ClNO4. The predicted octanol–water partition coefficient (Wildman–Crippen LogP) is 5.87.